The van der Waals surface area contributed by atoms with E-state index in [0.717, 1.165) is 48.8 Å². The van der Waals surface area contributed by atoms with Crippen LogP contribution in [0.5, 0.6) is 0 Å². The number of aromatic nitrogens is 1. The molecule has 1 aromatic carbocycles. The fraction of sp³-hybridized carbons (Fsp3) is 0.435. The van der Waals surface area contributed by atoms with Gasteiger partial charge in [-0.25, -0.2) is 0 Å². The minimum atomic E-state index is -0.221. The van der Waals surface area contributed by atoms with Crippen molar-refractivity contribution in [2.45, 2.75) is 38.3 Å². The Labute approximate surface area is 175 Å². The third kappa shape index (κ3) is 4.39. The average Bonchev–Trinajstić information content (AvgIpc) is 3.52. The number of rotatable bonds is 6. The van der Waals surface area contributed by atoms with Gasteiger partial charge in [-0.15, -0.1) is 0 Å². The summed E-state index contributed by atoms with van der Waals surface area (Å²) in [4.78, 5) is 26.9. The first-order valence-corrected chi connectivity index (χ1v) is 10.5. The molecule has 1 atom stereocenters. The maximum absolute atomic E-state index is 12.7. The molecule has 2 aliphatic rings. The molecule has 2 aromatic rings. The quantitative estimate of drug-likeness (QED) is 0.590. The van der Waals surface area contributed by atoms with E-state index in [1.165, 1.54) is 0 Å². The third-order valence-corrected chi connectivity index (χ3v) is 5.73. The first-order chi connectivity index (χ1) is 14.7. The van der Waals surface area contributed by atoms with Gasteiger partial charge in [-0.05, 0) is 37.8 Å². The zero-order valence-electron chi connectivity index (χ0n) is 17.0. The summed E-state index contributed by atoms with van der Waals surface area (Å²) in [6.45, 7) is 2.85. The number of hydrogen-bond acceptors (Lipinski definition) is 4. The van der Waals surface area contributed by atoms with Crippen LogP contribution in [0, 0.1) is 11.3 Å². The van der Waals surface area contributed by atoms with E-state index >= 15 is 0 Å². The summed E-state index contributed by atoms with van der Waals surface area (Å²) < 4.78 is 7.42. The lowest BCUT2D eigenvalue weighted by Crippen LogP contribution is -2.34. The van der Waals surface area contributed by atoms with Crippen LogP contribution in [-0.4, -0.2) is 53.6 Å². The van der Waals surface area contributed by atoms with Crippen LogP contribution >= 0.6 is 0 Å². The van der Waals surface area contributed by atoms with E-state index in [4.69, 9.17) is 4.74 Å². The molecule has 0 aliphatic carbocycles. The molecular weight excluding hydrogens is 380 g/mol. The van der Waals surface area contributed by atoms with Crippen molar-refractivity contribution in [1.82, 2.24) is 14.8 Å². The van der Waals surface area contributed by atoms with Crippen molar-refractivity contribution in [1.29, 1.82) is 5.26 Å². The van der Waals surface area contributed by atoms with Gasteiger partial charge >= 0.3 is 0 Å². The summed E-state index contributed by atoms with van der Waals surface area (Å²) in [5.74, 6) is -0.309. The Bertz CT molecular complexity index is 1010. The Kier molecular flexibility index (Phi) is 6.15. The number of ether oxygens (including phenoxy) is 1. The molecule has 2 saturated heterocycles. The summed E-state index contributed by atoms with van der Waals surface area (Å²) in [5, 5.41) is 13.4. The van der Waals surface area contributed by atoms with Crippen LogP contribution in [0.1, 0.15) is 31.2 Å². The van der Waals surface area contributed by atoms with Gasteiger partial charge in [0.2, 0.25) is 5.91 Å². The van der Waals surface area contributed by atoms with Gasteiger partial charge in [0.05, 0.1) is 6.10 Å². The lowest BCUT2D eigenvalue weighted by Gasteiger charge is -2.13. The number of amides is 2. The summed E-state index contributed by atoms with van der Waals surface area (Å²) in [5.41, 5.74) is 1.78. The minimum absolute atomic E-state index is 0.0876. The predicted molar refractivity (Wildman–Crippen MR) is 113 cm³/mol. The number of nitriles is 1. The van der Waals surface area contributed by atoms with Crippen molar-refractivity contribution in [2.75, 3.05) is 26.2 Å². The number of para-hydroxylation sites is 1. The zero-order chi connectivity index (χ0) is 20.9. The zero-order valence-corrected chi connectivity index (χ0v) is 17.0. The van der Waals surface area contributed by atoms with Gasteiger partial charge in [0.1, 0.15) is 18.2 Å². The topological polar surface area (TPSA) is 87.4 Å². The monoisotopic (exact) mass is 406 g/mol. The summed E-state index contributed by atoms with van der Waals surface area (Å²) in [6.07, 6.45) is 7.55. The van der Waals surface area contributed by atoms with E-state index in [-0.39, 0.29) is 30.0 Å². The predicted octanol–water partition coefficient (Wildman–Crippen LogP) is 2.47. The number of fused-ring (bicyclic) bond motifs is 1. The van der Waals surface area contributed by atoms with E-state index in [9.17, 15) is 14.9 Å². The fourth-order valence-electron chi connectivity index (χ4n) is 4.15. The molecule has 7 nitrogen and oxygen atoms in total. The van der Waals surface area contributed by atoms with Crippen LogP contribution < -0.4 is 5.32 Å². The van der Waals surface area contributed by atoms with Crippen molar-refractivity contribution >= 4 is 28.8 Å². The highest BCUT2D eigenvalue weighted by molar-refractivity contribution is 6.04. The van der Waals surface area contributed by atoms with E-state index < -0.39 is 0 Å². The van der Waals surface area contributed by atoms with Gasteiger partial charge in [0.25, 0.3) is 5.91 Å². The van der Waals surface area contributed by atoms with Crippen molar-refractivity contribution in [3.63, 3.8) is 0 Å². The van der Waals surface area contributed by atoms with E-state index in [2.05, 4.69) is 11.4 Å². The van der Waals surface area contributed by atoms with E-state index in [1.54, 1.807) is 11.0 Å². The fourth-order valence-corrected chi connectivity index (χ4v) is 4.15. The lowest BCUT2D eigenvalue weighted by atomic mass is 10.1. The van der Waals surface area contributed by atoms with Crippen LogP contribution in [-0.2, 0) is 20.9 Å². The van der Waals surface area contributed by atoms with E-state index in [1.807, 2.05) is 35.0 Å². The largest absolute Gasteiger partial charge is 0.376 e. The number of carbonyl (C=O) groups excluding carboxylic acids is 2. The number of nitrogens with zero attached hydrogens (tertiary/aromatic N) is 3. The van der Waals surface area contributed by atoms with Crippen LogP contribution in [0.15, 0.2) is 36.0 Å². The highest BCUT2D eigenvalue weighted by atomic mass is 16.5. The molecule has 156 valence electrons. The molecule has 0 saturated carbocycles. The molecule has 2 fully saturated rings. The molecule has 2 aliphatic heterocycles. The maximum Gasteiger partial charge on any atom is 0.264 e. The van der Waals surface area contributed by atoms with Crippen LogP contribution in [0.25, 0.3) is 17.0 Å². The Morgan fingerprint density at radius 1 is 1.23 bits per heavy atom. The number of hydrogen-bond donors (Lipinski definition) is 1. The van der Waals surface area contributed by atoms with Gasteiger partial charge < -0.3 is 19.5 Å². The molecule has 1 unspecified atom stereocenters. The first-order valence-electron chi connectivity index (χ1n) is 10.5. The highest BCUT2D eigenvalue weighted by Crippen LogP contribution is 2.24. The molecule has 2 amide bonds. The van der Waals surface area contributed by atoms with Gasteiger partial charge in [-0.1, -0.05) is 18.2 Å². The second kappa shape index (κ2) is 9.14. The standard InChI is InChI=1S/C23H26N4O3/c24-13-17(23(29)26-9-3-4-10-26)12-18-15-27(21-8-2-1-7-20(18)21)16-22(28)25-14-19-6-5-11-30-19/h1-2,7-8,12,15,19H,3-6,9-11,14,16H2,(H,25,28)/b17-12+. The van der Waals surface area contributed by atoms with Crippen LogP contribution in [0.3, 0.4) is 0 Å². The molecule has 3 heterocycles. The van der Waals surface area contributed by atoms with Gasteiger partial charge in [0.15, 0.2) is 0 Å². The third-order valence-electron chi connectivity index (χ3n) is 5.73. The summed E-state index contributed by atoms with van der Waals surface area (Å²) in [7, 11) is 0. The van der Waals surface area contributed by atoms with Crippen LogP contribution in [0.4, 0.5) is 0 Å². The molecule has 7 heteroatoms. The van der Waals surface area contributed by atoms with Gasteiger partial charge in [-0.2, -0.15) is 5.26 Å². The summed E-state index contributed by atoms with van der Waals surface area (Å²) >= 11 is 0. The Morgan fingerprint density at radius 2 is 2.03 bits per heavy atom. The molecule has 0 radical (unpaired) electrons. The van der Waals surface area contributed by atoms with Crippen LogP contribution in [0.2, 0.25) is 0 Å². The van der Waals surface area contributed by atoms with Crippen molar-refractivity contribution in [3.8, 4) is 6.07 Å². The Balaban J connectivity index is 1.54. The molecular formula is C23H26N4O3. The molecule has 1 aromatic heterocycles. The smallest absolute Gasteiger partial charge is 0.264 e. The molecule has 30 heavy (non-hydrogen) atoms. The summed E-state index contributed by atoms with van der Waals surface area (Å²) in [6, 6.07) is 9.77. The maximum atomic E-state index is 12.7. The Hall–Kier alpha value is -3.11. The average molecular weight is 406 g/mol. The van der Waals surface area contributed by atoms with Crippen molar-refractivity contribution in [2.24, 2.45) is 0 Å². The van der Waals surface area contributed by atoms with Crippen molar-refractivity contribution < 1.29 is 14.3 Å². The number of nitrogens with one attached hydrogen (secondary N) is 1. The van der Waals surface area contributed by atoms with Gasteiger partial charge in [-0.3, -0.25) is 9.59 Å². The van der Waals surface area contributed by atoms with Crippen molar-refractivity contribution in [3.05, 3.63) is 41.6 Å². The Morgan fingerprint density at radius 3 is 2.77 bits per heavy atom. The number of likely N-dealkylation sites (tertiary alicyclic amines) is 1. The molecule has 1 N–H and O–H groups in total. The normalized spacial score (nSPS) is 19.2. The molecule has 0 bridgehead atoms. The second-order valence-electron chi connectivity index (χ2n) is 7.84. The van der Waals surface area contributed by atoms with E-state index in [0.29, 0.717) is 19.6 Å². The highest BCUT2D eigenvalue weighted by Gasteiger charge is 2.22. The lowest BCUT2D eigenvalue weighted by molar-refractivity contribution is -0.125. The van der Waals surface area contributed by atoms with Gasteiger partial charge in [0, 0.05) is 48.9 Å². The second-order valence-corrected chi connectivity index (χ2v) is 7.84. The number of benzene rings is 1. The minimum Gasteiger partial charge on any atom is -0.376 e. The number of carbonyl (C=O) groups is 2. The SMILES string of the molecule is N#C/C(=C\c1cn(CC(=O)NCC2CCCO2)c2ccccc12)C(=O)N1CCCC1. The molecule has 4 rings (SSSR count). The first kappa shape index (κ1) is 20.2. The molecule has 0 spiro atoms.